The van der Waals surface area contributed by atoms with Gasteiger partial charge in [-0.1, -0.05) is 20.3 Å². The molecule has 10 unspecified atom stereocenters. The molecule has 5 fully saturated rings. The van der Waals surface area contributed by atoms with E-state index in [9.17, 15) is 8.78 Å². The average Bonchev–Trinajstić information content (AvgIpc) is 2.99. The maximum Gasteiger partial charge on any atom is 0.250 e. The molecule has 10 atom stereocenters. The summed E-state index contributed by atoms with van der Waals surface area (Å²) >= 11 is 0. The van der Waals surface area contributed by atoms with Crippen molar-refractivity contribution in [3.8, 4) is 0 Å². The summed E-state index contributed by atoms with van der Waals surface area (Å²) in [4.78, 5) is 0. The minimum absolute atomic E-state index is 0.116. The van der Waals surface area contributed by atoms with Gasteiger partial charge in [0.05, 0.1) is 0 Å². The largest absolute Gasteiger partial charge is 0.325 e. The zero-order valence-corrected chi connectivity index (χ0v) is 18.7. The number of hydrogen-bond donors (Lipinski definition) is 1. The fraction of sp³-hybridized carbons (Fsp3) is 1.00. The van der Waals surface area contributed by atoms with Crippen LogP contribution in [0.25, 0.3) is 0 Å². The molecule has 0 aromatic carbocycles. The second kappa shape index (κ2) is 7.45. The van der Waals surface area contributed by atoms with Crippen LogP contribution < -0.4 is 5.73 Å². The van der Waals surface area contributed by atoms with E-state index in [0.29, 0.717) is 18.3 Å². The number of hydrogen-bond acceptors (Lipinski definition) is 1. The van der Waals surface area contributed by atoms with Crippen LogP contribution in [-0.4, -0.2) is 11.5 Å². The second-order valence-corrected chi connectivity index (χ2v) is 12.3. The Kier molecular flexibility index (Phi) is 5.32. The number of nitrogens with two attached hydrogens (primary N) is 1. The van der Waals surface area contributed by atoms with Crippen LogP contribution in [0, 0.1) is 53.3 Å². The van der Waals surface area contributed by atoms with Crippen molar-refractivity contribution in [1.82, 2.24) is 0 Å². The molecule has 0 bridgehead atoms. The summed E-state index contributed by atoms with van der Waals surface area (Å²) in [6.07, 6.45) is 14.0. The van der Waals surface area contributed by atoms with Crippen LogP contribution >= 0.6 is 0 Å². The molecule has 29 heavy (non-hydrogen) atoms. The lowest BCUT2D eigenvalue weighted by Gasteiger charge is -2.57. The zero-order chi connectivity index (χ0) is 20.4. The van der Waals surface area contributed by atoms with Crippen molar-refractivity contribution in [3.05, 3.63) is 0 Å². The zero-order valence-electron chi connectivity index (χ0n) is 18.7. The summed E-state index contributed by atoms with van der Waals surface area (Å²) in [7, 11) is 0. The van der Waals surface area contributed by atoms with Gasteiger partial charge in [0.2, 0.25) is 0 Å². The molecule has 0 aliphatic heterocycles. The van der Waals surface area contributed by atoms with Gasteiger partial charge in [-0.25, -0.2) is 8.78 Å². The number of fused-ring (bicyclic) bond motifs is 5. The highest BCUT2D eigenvalue weighted by Crippen LogP contribution is 2.61. The predicted molar refractivity (Wildman–Crippen MR) is 115 cm³/mol. The SMILES string of the molecule is CC1CCC(F)(F)C(CC2CCC3C(CCC4C3CCC3C(C)CCC34N)C2)C1. The fourth-order valence-corrected chi connectivity index (χ4v) is 9.35. The lowest BCUT2D eigenvalue weighted by molar-refractivity contribution is -0.109. The summed E-state index contributed by atoms with van der Waals surface area (Å²) < 4.78 is 29.1. The van der Waals surface area contributed by atoms with Gasteiger partial charge in [-0.3, -0.25) is 0 Å². The van der Waals surface area contributed by atoms with Gasteiger partial charge in [0.1, 0.15) is 0 Å². The standard InChI is InChI=1S/C26H43F2N/c1-16-9-12-26(27,28)20(13-16)15-18-3-5-21-19(14-18)4-7-24-22(21)6-8-23-17(2)10-11-25(23,24)29/h16-24H,3-15,29H2,1-2H3. The summed E-state index contributed by atoms with van der Waals surface area (Å²) in [6, 6.07) is 0. The van der Waals surface area contributed by atoms with Gasteiger partial charge < -0.3 is 5.73 Å². The summed E-state index contributed by atoms with van der Waals surface area (Å²) in [6.45, 7) is 4.60. The Balaban J connectivity index is 1.24. The minimum atomic E-state index is -2.41. The van der Waals surface area contributed by atoms with Crippen molar-refractivity contribution in [2.45, 2.75) is 109 Å². The van der Waals surface area contributed by atoms with Crippen molar-refractivity contribution in [1.29, 1.82) is 0 Å². The molecular formula is C26H43F2N. The molecule has 2 N–H and O–H groups in total. The third-order valence-electron chi connectivity index (χ3n) is 10.8. The maximum absolute atomic E-state index is 14.5. The van der Waals surface area contributed by atoms with E-state index in [1.54, 1.807) is 0 Å². The molecule has 0 spiro atoms. The number of halogens is 2. The third kappa shape index (κ3) is 3.50. The average molecular weight is 408 g/mol. The number of rotatable bonds is 2. The first-order valence-corrected chi connectivity index (χ1v) is 12.9. The topological polar surface area (TPSA) is 26.0 Å². The van der Waals surface area contributed by atoms with Crippen LogP contribution in [0.5, 0.6) is 0 Å². The molecular weight excluding hydrogens is 364 g/mol. The van der Waals surface area contributed by atoms with Crippen molar-refractivity contribution >= 4 is 0 Å². The summed E-state index contributed by atoms with van der Waals surface area (Å²) in [5.41, 5.74) is 7.26. The summed E-state index contributed by atoms with van der Waals surface area (Å²) in [5, 5.41) is 0. The molecule has 5 saturated carbocycles. The van der Waals surface area contributed by atoms with Crippen LogP contribution in [0.3, 0.4) is 0 Å². The van der Waals surface area contributed by atoms with Crippen molar-refractivity contribution in [3.63, 3.8) is 0 Å². The highest BCUT2D eigenvalue weighted by Gasteiger charge is 2.57. The fourth-order valence-electron chi connectivity index (χ4n) is 9.35. The van der Waals surface area contributed by atoms with Gasteiger partial charge in [-0.2, -0.15) is 0 Å². The molecule has 1 nitrogen and oxygen atoms in total. The maximum atomic E-state index is 14.5. The normalized spacial score (nSPS) is 54.3. The molecule has 166 valence electrons. The monoisotopic (exact) mass is 407 g/mol. The van der Waals surface area contributed by atoms with E-state index in [1.807, 2.05) is 0 Å². The Hall–Kier alpha value is -0.180. The number of alkyl halides is 2. The summed E-state index contributed by atoms with van der Waals surface area (Å²) in [5.74, 6) is 3.04. The van der Waals surface area contributed by atoms with E-state index in [2.05, 4.69) is 13.8 Å². The molecule has 0 amide bonds. The van der Waals surface area contributed by atoms with E-state index in [1.165, 1.54) is 57.8 Å². The van der Waals surface area contributed by atoms with Gasteiger partial charge in [0.15, 0.2) is 0 Å². The Morgan fingerprint density at radius 2 is 1.55 bits per heavy atom. The van der Waals surface area contributed by atoms with E-state index in [0.717, 1.165) is 48.3 Å². The highest BCUT2D eigenvalue weighted by molar-refractivity contribution is 5.11. The van der Waals surface area contributed by atoms with E-state index in [-0.39, 0.29) is 17.9 Å². The van der Waals surface area contributed by atoms with Crippen LogP contribution in [0.15, 0.2) is 0 Å². The van der Waals surface area contributed by atoms with Gasteiger partial charge in [-0.15, -0.1) is 0 Å². The molecule has 5 aliphatic rings. The van der Waals surface area contributed by atoms with Crippen molar-refractivity contribution in [2.24, 2.45) is 59.0 Å². The van der Waals surface area contributed by atoms with Crippen LogP contribution in [0.4, 0.5) is 8.78 Å². The van der Waals surface area contributed by atoms with Gasteiger partial charge in [0, 0.05) is 17.9 Å². The molecule has 0 radical (unpaired) electrons. The second-order valence-electron chi connectivity index (χ2n) is 12.3. The molecule has 0 heterocycles. The Labute approximate surface area is 177 Å². The lowest BCUT2D eigenvalue weighted by atomic mass is 9.50. The van der Waals surface area contributed by atoms with Crippen molar-refractivity contribution in [2.75, 3.05) is 0 Å². The first-order valence-electron chi connectivity index (χ1n) is 12.9. The lowest BCUT2D eigenvalue weighted by Crippen LogP contribution is -2.59. The van der Waals surface area contributed by atoms with Crippen LogP contribution in [0.1, 0.15) is 97.3 Å². The van der Waals surface area contributed by atoms with Crippen LogP contribution in [-0.2, 0) is 0 Å². The first kappa shape index (κ1) is 20.7. The molecule has 0 aromatic rings. The Morgan fingerprint density at radius 3 is 2.38 bits per heavy atom. The predicted octanol–water partition coefficient (Wildman–Crippen LogP) is 7.04. The Morgan fingerprint density at radius 1 is 0.793 bits per heavy atom. The minimum Gasteiger partial charge on any atom is -0.325 e. The first-order chi connectivity index (χ1) is 13.8. The van der Waals surface area contributed by atoms with Gasteiger partial charge >= 0.3 is 0 Å². The molecule has 3 heteroatoms. The van der Waals surface area contributed by atoms with E-state index in [4.69, 9.17) is 5.73 Å². The molecule has 5 rings (SSSR count). The Bertz CT molecular complexity index is 606. The molecule has 5 aliphatic carbocycles. The third-order valence-corrected chi connectivity index (χ3v) is 10.8. The van der Waals surface area contributed by atoms with E-state index < -0.39 is 5.92 Å². The highest BCUT2D eigenvalue weighted by atomic mass is 19.3. The van der Waals surface area contributed by atoms with Gasteiger partial charge in [-0.05, 0) is 118 Å². The quantitative estimate of drug-likeness (QED) is 0.522. The van der Waals surface area contributed by atoms with Crippen LogP contribution in [0.2, 0.25) is 0 Å². The van der Waals surface area contributed by atoms with E-state index >= 15 is 0 Å². The smallest absolute Gasteiger partial charge is 0.250 e. The molecule has 0 saturated heterocycles. The molecule has 0 aromatic heterocycles. The van der Waals surface area contributed by atoms with Gasteiger partial charge in [0.25, 0.3) is 5.92 Å². The van der Waals surface area contributed by atoms with Crippen molar-refractivity contribution < 1.29 is 8.78 Å².